The van der Waals surface area contributed by atoms with Gasteiger partial charge in [-0.2, -0.15) is 13.2 Å². The van der Waals surface area contributed by atoms with E-state index in [9.17, 15) is 13.2 Å². The van der Waals surface area contributed by atoms with Crippen LogP contribution in [0.25, 0.3) is 0 Å². The third-order valence-corrected chi connectivity index (χ3v) is 1.19. The molecule has 0 saturated carbocycles. The second-order valence-electron chi connectivity index (χ2n) is 2.37. The minimum atomic E-state index is -4.32. The quantitative estimate of drug-likeness (QED) is 0.696. The molecule has 0 saturated heterocycles. The van der Waals surface area contributed by atoms with Crippen LogP contribution in [0.2, 0.25) is 0 Å². The van der Waals surface area contributed by atoms with Gasteiger partial charge >= 0.3 is 6.18 Å². The molecule has 0 aliphatic rings. The molecule has 0 bridgehead atoms. The zero-order valence-corrected chi connectivity index (χ0v) is 6.35. The van der Waals surface area contributed by atoms with Crippen molar-refractivity contribution in [3.63, 3.8) is 0 Å². The first-order chi connectivity index (χ1) is 4.83. The molecular weight excluding hydrogens is 161 g/mol. The molecule has 0 aliphatic carbocycles. The van der Waals surface area contributed by atoms with Crippen LogP contribution in [0.15, 0.2) is 0 Å². The van der Waals surface area contributed by atoms with Gasteiger partial charge in [0.2, 0.25) is 0 Å². The Kier molecular flexibility index (Phi) is 3.82. The van der Waals surface area contributed by atoms with Gasteiger partial charge in [-0.15, -0.1) is 0 Å². The van der Waals surface area contributed by atoms with Crippen LogP contribution in [-0.4, -0.2) is 30.1 Å². The molecule has 0 aromatic carbocycles. The number of hydrogen-bond acceptors (Lipinski definition) is 2. The highest BCUT2D eigenvalue weighted by atomic mass is 19.4. The summed E-state index contributed by atoms with van der Waals surface area (Å²) in [4.78, 5) is 0. The average molecular weight is 172 g/mol. The number of rotatable bonds is 3. The predicted molar refractivity (Wildman–Crippen MR) is 33.1 cm³/mol. The Balaban J connectivity index is 3.54. The summed E-state index contributed by atoms with van der Waals surface area (Å²) < 4.78 is 38.7. The van der Waals surface area contributed by atoms with Crippen molar-refractivity contribution in [2.24, 2.45) is 0 Å². The van der Waals surface area contributed by atoms with Crippen molar-refractivity contribution in [3.8, 4) is 0 Å². The van der Waals surface area contributed by atoms with Crippen molar-refractivity contribution in [1.82, 2.24) is 0 Å². The number of aliphatic hydroxyl groups excluding tert-OH is 1. The lowest BCUT2D eigenvalue weighted by Crippen LogP contribution is -2.28. The highest BCUT2D eigenvalue weighted by Gasteiger charge is 2.29. The monoisotopic (exact) mass is 172 g/mol. The van der Waals surface area contributed by atoms with E-state index >= 15 is 0 Å². The summed E-state index contributed by atoms with van der Waals surface area (Å²) in [7, 11) is 0. The first-order valence-electron chi connectivity index (χ1n) is 3.19. The van der Waals surface area contributed by atoms with Crippen molar-refractivity contribution in [1.29, 1.82) is 0 Å². The fraction of sp³-hybridized carbons (Fsp3) is 1.00. The summed E-state index contributed by atoms with van der Waals surface area (Å²) in [5.74, 6) is 0. The van der Waals surface area contributed by atoms with E-state index in [1.54, 1.807) is 0 Å². The van der Waals surface area contributed by atoms with Gasteiger partial charge in [-0.1, -0.05) is 0 Å². The fourth-order valence-corrected chi connectivity index (χ4v) is 0.365. The van der Waals surface area contributed by atoms with Gasteiger partial charge in [0.25, 0.3) is 0 Å². The van der Waals surface area contributed by atoms with Gasteiger partial charge in [-0.25, -0.2) is 0 Å². The van der Waals surface area contributed by atoms with E-state index in [0.29, 0.717) is 0 Å². The molecule has 2 nitrogen and oxygen atoms in total. The van der Waals surface area contributed by atoms with Crippen LogP contribution in [0.4, 0.5) is 13.2 Å². The number of alkyl halides is 3. The zero-order chi connectivity index (χ0) is 9.07. The summed E-state index contributed by atoms with van der Waals surface area (Å²) in [6.07, 6.45) is -5.97. The fourth-order valence-electron chi connectivity index (χ4n) is 0.365. The standard InChI is InChI=1S/C6H11F3O2/c1-4(10)5(2)11-3-6(7,8)9/h4-5,10H,3H2,1-2H3. The number of hydrogen-bond donors (Lipinski definition) is 1. The maximum atomic E-state index is 11.5. The Morgan fingerprint density at radius 1 is 1.36 bits per heavy atom. The maximum Gasteiger partial charge on any atom is 0.411 e. The molecule has 0 aromatic heterocycles. The van der Waals surface area contributed by atoms with Crippen LogP contribution in [0.5, 0.6) is 0 Å². The molecule has 0 spiro atoms. The van der Waals surface area contributed by atoms with Gasteiger partial charge in [-0.05, 0) is 13.8 Å². The van der Waals surface area contributed by atoms with Crippen molar-refractivity contribution in [2.75, 3.05) is 6.61 Å². The molecule has 0 amide bonds. The van der Waals surface area contributed by atoms with Crippen molar-refractivity contribution < 1.29 is 23.0 Å². The second kappa shape index (κ2) is 3.92. The molecule has 0 aliphatic heterocycles. The van der Waals surface area contributed by atoms with Gasteiger partial charge in [0.1, 0.15) is 6.61 Å². The molecule has 0 heterocycles. The van der Waals surface area contributed by atoms with Crippen molar-refractivity contribution >= 4 is 0 Å². The van der Waals surface area contributed by atoms with E-state index in [-0.39, 0.29) is 0 Å². The minimum absolute atomic E-state index is 0.781. The van der Waals surface area contributed by atoms with Crippen LogP contribution in [0.3, 0.4) is 0 Å². The van der Waals surface area contributed by atoms with E-state index < -0.39 is 25.0 Å². The molecule has 0 fully saturated rings. The van der Waals surface area contributed by atoms with E-state index in [0.717, 1.165) is 0 Å². The summed E-state index contributed by atoms with van der Waals surface area (Å²) in [5.41, 5.74) is 0. The largest absolute Gasteiger partial charge is 0.411 e. The normalized spacial score (nSPS) is 18.0. The lowest BCUT2D eigenvalue weighted by molar-refractivity contribution is -0.191. The molecule has 11 heavy (non-hydrogen) atoms. The third-order valence-electron chi connectivity index (χ3n) is 1.19. The van der Waals surface area contributed by atoms with Gasteiger partial charge < -0.3 is 9.84 Å². The SMILES string of the molecule is CC(O)C(C)OCC(F)(F)F. The molecule has 2 atom stereocenters. The molecule has 2 unspecified atom stereocenters. The highest BCUT2D eigenvalue weighted by molar-refractivity contribution is 4.58. The lowest BCUT2D eigenvalue weighted by Gasteiger charge is -2.16. The summed E-state index contributed by atoms with van der Waals surface area (Å²) >= 11 is 0. The first-order valence-corrected chi connectivity index (χ1v) is 3.19. The molecule has 1 N–H and O–H groups in total. The molecule has 0 rings (SSSR count). The molecular formula is C6H11F3O2. The van der Waals surface area contributed by atoms with Gasteiger partial charge in [-0.3, -0.25) is 0 Å². The van der Waals surface area contributed by atoms with Crippen molar-refractivity contribution in [2.45, 2.75) is 32.2 Å². The van der Waals surface area contributed by atoms with E-state index in [1.165, 1.54) is 13.8 Å². The summed E-state index contributed by atoms with van der Waals surface area (Å²) in [5, 5.41) is 8.73. The van der Waals surface area contributed by atoms with Crippen LogP contribution in [0, 0.1) is 0 Å². The van der Waals surface area contributed by atoms with Crippen LogP contribution < -0.4 is 0 Å². The van der Waals surface area contributed by atoms with Gasteiger partial charge in [0.15, 0.2) is 0 Å². The number of ether oxygens (including phenoxy) is 1. The van der Waals surface area contributed by atoms with Gasteiger partial charge in [0, 0.05) is 0 Å². The number of aliphatic hydroxyl groups is 1. The Morgan fingerprint density at radius 2 is 1.82 bits per heavy atom. The van der Waals surface area contributed by atoms with E-state index in [2.05, 4.69) is 4.74 Å². The zero-order valence-electron chi connectivity index (χ0n) is 6.35. The average Bonchev–Trinajstić information content (AvgIpc) is 1.80. The molecule has 0 radical (unpaired) electrons. The molecule has 0 aromatic rings. The van der Waals surface area contributed by atoms with Crippen LogP contribution in [-0.2, 0) is 4.74 Å². The Morgan fingerprint density at radius 3 is 2.09 bits per heavy atom. The van der Waals surface area contributed by atoms with Gasteiger partial charge in [0.05, 0.1) is 12.2 Å². The Bertz CT molecular complexity index is 111. The topological polar surface area (TPSA) is 29.5 Å². The predicted octanol–water partition coefficient (Wildman–Crippen LogP) is 1.33. The summed E-state index contributed by atoms with van der Waals surface area (Å²) in [6.45, 7) is 1.45. The van der Waals surface area contributed by atoms with Crippen LogP contribution >= 0.6 is 0 Å². The van der Waals surface area contributed by atoms with E-state index in [1.807, 2.05) is 0 Å². The maximum absolute atomic E-state index is 11.5. The second-order valence-corrected chi connectivity index (χ2v) is 2.37. The third kappa shape index (κ3) is 6.12. The van der Waals surface area contributed by atoms with E-state index in [4.69, 9.17) is 5.11 Å². The summed E-state index contributed by atoms with van der Waals surface area (Å²) in [6, 6.07) is 0. The highest BCUT2D eigenvalue weighted by Crippen LogP contribution is 2.15. The lowest BCUT2D eigenvalue weighted by atomic mass is 10.3. The molecule has 68 valence electrons. The molecule has 5 heteroatoms. The smallest absolute Gasteiger partial charge is 0.391 e. The van der Waals surface area contributed by atoms with Crippen molar-refractivity contribution in [3.05, 3.63) is 0 Å². The minimum Gasteiger partial charge on any atom is -0.391 e. The number of halogens is 3. The Labute approximate surface area is 63.0 Å². The Hall–Kier alpha value is -0.290. The van der Waals surface area contributed by atoms with Crippen LogP contribution in [0.1, 0.15) is 13.8 Å². The first kappa shape index (κ1) is 10.7.